The van der Waals surface area contributed by atoms with E-state index in [4.69, 9.17) is 9.47 Å². The lowest BCUT2D eigenvalue weighted by atomic mass is 9.73. The maximum absolute atomic E-state index is 12.9. The molecule has 28 heavy (non-hydrogen) atoms. The molecule has 3 atom stereocenters. The maximum atomic E-state index is 12.9. The predicted molar refractivity (Wildman–Crippen MR) is 100.0 cm³/mol. The maximum Gasteiger partial charge on any atom is 0.325 e. The van der Waals surface area contributed by atoms with Gasteiger partial charge in [-0.15, -0.1) is 0 Å². The summed E-state index contributed by atoms with van der Waals surface area (Å²) >= 11 is 0. The lowest BCUT2D eigenvalue weighted by Gasteiger charge is -2.36. The molecular formula is C20H25N3O5. The fraction of sp³-hybridized carbons (Fsp3) is 0.550. The van der Waals surface area contributed by atoms with Gasteiger partial charge in [-0.3, -0.25) is 14.5 Å². The molecule has 1 saturated heterocycles. The van der Waals surface area contributed by atoms with Crippen molar-refractivity contribution in [2.45, 2.75) is 44.2 Å². The number of benzene rings is 1. The van der Waals surface area contributed by atoms with Gasteiger partial charge in [0.2, 0.25) is 5.91 Å². The Morgan fingerprint density at radius 3 is 2.86 bits per heavy atom. The van der Waals surface area contributed by atoms with Crippen LogP contribution >= 0.6 is 0 Å². The number of hydrogen-bond donors (Lipinski definition) is 2. The van der Waals surface area contributed by atoms with Crippen LogP contribution in [-0.2, 0) is 9.59 Å². The first-order chi connectivity index (χ1) is 13.5. The molecule has 8 heteroatoms. The second-order valence-electron chi connectivity index (χ2n) is 7.74. The molecule has 2 fully saturated rings. The summed E-state index contributed by atoms with van der Waals surface area (Å²) < 4.78 is 11.4. The molecule has 2 N–H and O–H groups in total. The Morgan fingerprint density at radius 2 is 2.07 bits per heavy atom. The zero-order chi connectivity index (χ0) is 19.7. The van der Waals surface area contributed by atoms with E-state index in [1.54, 1.807) is 6.07 Å². The highest BCUT2D eigenvalue weighted by atomic mass is 16.6. The molecular weight excluding hydrogens is 362 g/mol. The van der Waals surface area contributed by atoms with E-state index in [-0.39, 0.29) is 31.0 Å². The monoisotopic (exact) mass is 387 g/mol. The van der Waals surface area contributed by atoms with Gasteiger partial charge in [0.15, 0.2) is 11.5 Å². The normalized spacial score (nSPS) is 29.0. The van der Waals surface area contributed by atoms with Gasteiger partial charge in [-0.25, -0.2) is 4.79 Å². The second kappa shape index (κ2) is 7.33. The van der Waals surface area contributed by atoms with Crippen LogP contribution in [0.1, 0.15) is 32.6 Å². The van der Waals surface area contributed by atoms with Crippen LogP contribution in [-0.4, -0.2) is 54.1 Å². The quantitative estimate of drug-likeness (QED) is 0.762. The van der Waals surface area contributed by atoms with E-state index < -0.39 is 17.5 Å². The van der Waals surface area contributed by atoms with Crippen LogP contribution in [0.2, 0.25) is 0 Å². The van der Waals surface area contributed by atoms with Gasteiger partial charge >= 0.3 is 6.03 Å². The number of ether oxygens (including phenoxy) is 2. The molecule has 1 aromatic carbocycles. The summed E-state index contributed by atoms with van der Waals surface area (Å²) in [4.78, 5) is 38.6. The third-order valence-corrected chi connectivity index (χ3v) is 5.90. The van der Waals surface area contributed by atoms with Crippen molar-refractivity contribution in [3.63, 3.8) is 0 Å². The summed E-state index contributed by atoms with van der Waals surface area (Å²) in [6.45, 7) is 2.25. The largest absolute Gasteiger partial charge is 0.486 e. The first-order valence-electron chi connectivity index (χ1n) is 9.79. The number of carbonyl (C=O) groups excluding carboxylic acids is 3. The smallest absolute Gasteiger partial charge is 0.325 e. The minimum absolute atomic E-state index is 0.0682. The van der Waals surface area contributed by atoms with Gasteiger partial charge in [-0.2, -0.15) is 0 Å². The molecule has 1 aromatic rings. The van der Waals surface area contributed by atoms with E-state index in [0.717, 1.165) is 24.2 Å². The summed E-state index contributed by atoms with van der Waals surface area (Å²) in [6, 6.07) is 6.86. The van der Waals surface area contributed by atoms with E-state index in [1.807, 2.05) is 25.1 Å². The van der Waals surface area contributed by atoms with Gasteiger partial charge in [-0.05, 0) is 30.9 Å². The molecule has 0 bridgehead atoms. The standard InChI is InChI=1S/C20H25N3O5/c1-13-6-4-5-9-20(13)18(25)23(19(26)22-20)11-17(24)21-10-14-12-27-15-7-2-3-8-16(15)28-14/h2-3,7-8,13-14H,4-6,9-12H2,1H3,(H,21,24)(H,22,26). The number of carbonyl (C=O) groups is 3. The van der Waals surface area contributed by atoms with Gasteiger partial charge in [0, 0.05) is 0 Å². The third-order valence-electron chi connectivity index (χ3n) is 5.90. The minimum atomic E-state index is -0.848. The molecule has 1 aliphatic carbocycles. The SMILES string of the molecule is CC1CCCCC12NC(=O)N(CC(=O)NCC1COc3ccccc3O1)C2=O. The predicted octanol–water partition coefficient (Wildman–Crippen LogP) is 1.44. The van der Waals surface area contributed by atoms with E-state index in [9.17, 15) is 14.4 Å². The van der Waals surface area contributed by atoms with Gasteiger partial charge in [0.05, 0.1) is 6.54 Å². The van der Waals surface area contributed by atoms with Crippen molar-refractivity contribution in [3.8, 4) is 11.5 Å². The zero-order valence-corrected chi connectivity index (χ0v) is 15.9. The van der Waals surface area contributed by atoms with Crippen LogP contribution in [0.25, 0.3) is 0 Å². The lowest BCUT2D eigenvalue weighted by molar-refractivity contribution is -0.137. The van der Waals surface area contributed by atoms with Crippen molar-refractivity contribution in [2.24, 2.45) is 5.92 Å². The van der Waals surface area contributed by atoms with Crippen molar-refractivity contribution >= 4 is 17.8 Å². The zero-order valence-electron chi connectivity index (χ0n) is 15.9. The Labute approximate surface area is 163 Å². The molecule has 2 aliphatic heterocycles. The van der Waals surface area contributed by atoms with Crippen molar-refractivity contribution in [1.29, 1.82) is 0 Å². The molecule has 1 saturated carbocycles. The highest BCUT2D eigenvalue weighted by Crippen LogP contribution is 2.38. The lowest BCUT2D eigenvalue weighted by Crippen LogP contribution is -2.54. The second-order valence-corrected chi connectivity index (χ2v) is 7.74. The van der Waals surface area contributed by atoms with Crippen LogP contribution in [0, 0.1) is 5.92 Å². The van der Waals surface area contributed by atoms with Crippen molar-refractivity contribution in [3.05, 3.63) is 24.3 Å². The van der Waals surface area contributed by atoms with Crippen LogP contribution in [0.15, 0.2) is 24.3 Å². The van der Waals surface area contributed by atoms with Crippen molar-refractivity contribution < 1.29 is 23.9 Å². The molecule has 150 valence electrons. The van der Waals surface area contributed by atoms with Gasteiger partial charge < -0.3 is 20.1 Å². The Kier molecular flexibility index (Phi) is 4.87. The van der Waals surface area contributed by atoms with Crippen molar-refractivity contribution in [1.82, 2.24) is 15.5 Å². The number of amides is 4. The van der Waals surface area contributed by atoms with Crippen LogP contribution in [0.3, 0.4) is 0 Å². The van der Waals surface area contributed by atoms with Crippen LogP contribution < -0.4 is 20.1 Å². The summed E-state index contributed by atoms with van der Waals surface area (Å²) in [6.07, 6.45) is 3.15. The highest BCUT2D eigenvalue weighted by Gasteiger charge is 2.55. The molecule has 0 aromatic heterocycles. The summed E-state index contributed by atoms with van der Waals surface area (Å²) in [7, 11) is 0. The number of nitrogens with zero attached hydrogens (tertiary/aromatic N) is 1. The number of hydrogen-bond acceptors (Lipinski definition) is 5. The molecule has 3 aliphatic rings. The summed E-state index contributed by atoms with van der Waals surface area (Å²) in [5, 5.41) is 5.59. The molecule has 4 amide bonds. The molecule has 4 rings (SSSR count). The first kappa shape index (κ1) is 18.6. The first-order valence-corrected chi connectivity index (χ1v) is 9.79. The number of imide groups is 1. The summed E-state index contributed by atoms with van der Waals surface area (Å²) in [5.41, 5.74) is -0.848. The van der Waals surface area contributed by atoms with Gasteiger partial charge in [0.1, 0.15) is 24.8 Å². The van der Waals surface area contributed by atoms with Crippen LogP contribution in [0.5, 0.6) is 11.5 Å². The van der Waals surface area contributed by atoms with E-state index in [1.165, 1.54) is 0 Å². The number of para-hydroxylation sites is 2. The molecule has 3 unspecified atom stereocenters. The average Bonchev–Trinajstić information content (AvgIpc) is 2.93. The van der Waals surface area contributed by atoms with Crippen LogP contribution in [0.4, 0.5) is 4.79 Å². The van der Waals surface area contributed by atoms with E-state index in [0.29, 0.717) is 24.5 Å². The van der Waals surface area contributed by atoms with Gasteiger partial charge in [0.25, 0.3) is 5.91 Å². The number of nitrogens with one attached hydrogen (secondary N) is 2. The van der Waals surface area contributed by atoms with Gasteiger partial charge in [-0.1, -0.05) is 31.9 Å². The number of urea groups is 1. The fourth-order valence-corrected chi connectivity index (χ4v) is 4.23. The molecule has 2 heterocycles. The van der Waals surface area contributed by atoms with Crippen molar-refractivity contribution in [2.75, 3.05) is 19.7 Å². The number of fused-ring (bicyclic) bond motifs is 1. The summed E-state index contributed by atoms with van der Waals surface area (Å²) in [5.74, 6) is 0.697. The Balaban J connectivity index is 1.32. The third kappa shape index (κ3) is 3.27. The van der Waals surface area contributed by atoms with E-state index in [2.05, 4.69) is 10.6 Å². The number of rotatable bonds is 4. The van der Waals surface area contributed by atoms with E-state index >= 15 is 0 Å². The Bertz CT molecular complexity index is 798. The molecule has 0 radical (unpaired) electrons. The highest BCUT2D eigenvalue weighted by molar-refractivity contribution is 6.09. The Morgan fingerprint density at radius 1 is 1.29 bits per heavy atom. The minimum Gasteiger partial charge on any atom is -0.486 e. The molecule has 1 spiro atoms. The molecule has 8 nitrogen and oxygen atoms in total. The fourth-order valence-electron chi connectivity index (χ4n) is 4.23. The average molecular weight is 387 g/mol. The Hall–Kier alpha value is -2.77. The topological polar surface area (TPSA) is 97.0 Å².